The summed E-state index contributed by atoms with van der Waals surface area (Å²) in [5.74, 6) is -0.112. The van der Waals surface area contributed by atoms with Crippen LogP contribution in [0.3, 0.4) is 0 Å². The molecule has 3 aromatic rings. The van der Waals surface area contributed by atoms with Gasteiger partial charge < -0.3 is 10.1 Å². The third kappa shape index (κ3) is 4.92. The highest BCUT2D eigenvalue weighted by atomic mass is 79.9. The lowest BCUT2D eigenvalue weighted by Crippen LogP contribution is -2.31. The first-order chi connectivity index (χ1) is 13.7. The molecule has 7 heteroatoms. The molecule has 1 heterocycles. The van der Waals surface area contributed by atoms with E-state index in [1.165, 1.54) is 16.8 Å². The Balaban J connectivity index is 1.78. The highest BCUT2D eigenvalue weighted by Crippen LogP contribution is 2.20. The second-order valence-electron chi connectivity index (χ2n) is 6.90. The van der Waals surface area contributed by atoms with Gasteiger partial charge in [-0.2, -0.15) is 4.68 Å². The summed E-state index contributed by atoms with van der Waals surface area (Å²) in [6.07, 6.45) is -0.795. The van der Waals surface area contributed by atoms with Crippen molar-refractivity contribution in [3.63, 3.8) is 0 Å². The molecule has 2 aromatic carbocycles. The highest BCUT2D eigenvalue weighted by Gasteiger charge is 2.17. The molecule has 0 spiro atoms. The van der Waals surface area contributed by atoms with Crippen molar-refractivity contribution in [2.75, 3.05) is 5.32 Å². The Morgan fingerprint density at radius 1 is 1.03 bits per heavy atom. The van der Waals surface area contributed by atoms with Crippen LogP contribution in [0.5, 0.6) is 5.88 Å². The van der Waals surface area contributed by atoms with E-state index in [1.807, 2.05) is 57.2 Å². The van der Waals surface area contributed by atoms with Gasteiger partial charge in [0.05, 0.1) is 5.69 Å². The number of halogens is 1. The number of carbonyl (C=O) groups excluding carboxylic acids is 1. The average molecular weight is 456 g/mol. The van der Waals surface area contributed by atoms with E-state index in [4.69, 9.17) is 4.74 Å². The van der Waals surface area contributed by atoms with E-state index >= 15 is 0 Å². The van der Waals surface area contributed by atoms with E-state index in [-0.39, 0.29) is 17.3 Å². The van der Waals surface area contributed by atoms with Crippen molar-refractivity contribution >= 4 is 27.5 Å². The van der Waals surface area contributed by atoms with Gasteiger partial charge in [0.15, 0.2) is 6.10 Å². The molecule has 0 saturated carbocycles. The molecular formula is C22H22BrN3O3. The van der Waals surface area contributed by atoms with Gasteiger partial charge in [0.2, 0.25) is 5.88 Å². The summed E-state index contributed by atoms with van der Waals surface area (Å²) in [4.78, 5) is 24.8. The van der Waals surface area contributed by atoms with Gasteiger partial charge in [0.1, 0.15) is 0 Å². The minimum Gasteiger partial charge on any atom is -0.463 e. The molecular weight excluding hydrogens is 434 g/mol. The number of nitrogens with one attached hydrogen (secondary N) is 1. The van der Waals surface area contributed by atoms with Gasteiger partial charge in [-0.1, -0.05) is 22.0 Å². The Bertz CT molecular complexity index is 1120. The molecule has 0 bridgehead atoms. The molecule has 0 aliphatic carbocycles. The van der Waals surface area contributed by atoms with Gasteiger partial charge in [-0.05, 0) is 74.7 Å². The zero-order valence-electron chi connectivity index (χ0n) is 16.7. The van der Waals surface area contributed by atoms with Crippen LogP contribution in [0.2, 0.25) is 0 Å². The fourth-order valence-corrected chi connectivity index (χ4v) is 3.21. The Labute approximate surface area is 177 Å². The van der Waals surface area contributed by atoms with Crippen LogP contribution in [-0.4, -0.2) is 21.8 Å². The summed E-state index contributed by atoms with van der Waals surface area (Å²) in [5.41, 5.74) is 4.19. The maximum Gasteiger partial charge on any atom is 0.271 e. The molecule has 0 unspecified atom stereocenters. The molecule has 0 aliphatic heterocycles. The van der Waals surface area contributed by atoms with Gasteiger partial charge in [-0.3, -0.25) is 9.59 Å². The number of hydrogen-bond donors (Lipinski definition) is 1. The first-order valence-electron chi connectivity index (χ1n) is 9.16. The summed E-state index contributed by atoms with van der Waals surface area (Å²) in [5, 5.41) is 7.12. The van der Waals surface area contributed by atoms with E-state index in [0.29, 0.717) is 11.4 Å². The predicted molar refractivity (Wildman–Crippen MR) is 117 cm³/mol. The second-order valence-corrected chi connectivity index (χ2v) is 7.81. The normalized spacial score (nSPS) is 11.8. The molecule has 3 rings (SSSR count). The largest absolute Gasteiger partial charge is 0.463 e. The SMILES string of the molecule is Cc1ccc(-n2nc(O[C@H](C)C(=O)Nc3ccc(Br)cc3C)ccc2=O)cc1C. The Hall–Kier alpha value is -2.93. The number of amides is 1. The standard InChI is InChI=1S/C22H22BrN3O3/c1-13-5-7-18(12-14(13)2)26-21(27)10-9-20(25-26)29-16(4)22(28)24-19-8-6-17(23)11-15(19)3/h5-12,16H,1-4H3,(H,24,28)/t16-/m1/s1. The van der Waals surface area contributed by atoms with Crippen LogP contribution in [0.25, 0.3) is 5.69 Å². The monoisotopic (exact) mass is 455 g/mol. The number of aromatic nitrogens is 2. The van der Waals surface area contributed by atoms with Crippen LogP contribution in [0.4, 0.5) is 5.69 Å². The Morgan fingerprint density at radius 3 is 2.48 bits per heavy atom. The van der Waals surface area contributed by atoms with Crippen molar-refractivity contribution in [2.45, 2.75) is 33.8 Å². The van der Waals surface area contributed by atoms with Crippen LogP contribution < -0.4 is 15.6 Å². The lowest BCUT2D eigenvalue weighted by molar-refractivity contribution is -0.122. The van der Waals surface area contributed by atoms with Crippen molar-refractivity contribution in [1.29, 1.82) is 0 Å². The molecule has 1 N–H and O–H groups in total. The summed E-state index contributed by atoms with van der Waals surface area (Å²) in [7, 11) is 0. The molecule has 29 heavy (non-hydrogen) atoms. The fraction of sp³-hybridized carbons (Fsp3) is 0.227. The zero-order valence-corrected chi connectivity index (χ0v) is 18.3. The maximum atomic E-state index is 12.5. The van der Waals surface area contributed by atoms with Crippen molar-refractivity contribution in [3.8, 4) is 11.6 Å². The molecule has 0 saturated heterocycles. The molecule has 1 amide bonds. The molecule has 1 aromatic heterocycles. The molecule has 6 nitrogen and oxygen atoms in total. The van der Waals surface area contributed by atoms with Crippen molar-refractivity contribution < 1.29 is 9.53 Å². The van der Waals surface area contributed by atoms with Gasteiger partial charge in [0, 0.05) is 22.3 Å². The average Bonchev–Trinajstić information content (AvgIpc) is 2.67. The first kappa shape index (κ1) is 20.8. The van der Waals surface area contributed by atoms with Crippen molar-refractivity contribution in [2.24, 2.45) is 0 Å². The maximum absolute atomic E-state index is 12.5. The Kier molecular flexibility index (Phi) is 6.17. The zero-order chi connectivity index (χ0) is 21.1. The first-order valence-corrected chi connectivity index (χ1v) is 9.95. The third-order valence-electron chi connectivity index (χ3n) is 4.62. The summed E-state index contributed by atoms with van der Waals surface area (Å²) >= 11 is 3.40. The number of hydrogen-bond acceptors (Lipinski definition) is 4. The van der Waals surface area contributed by atoms with Gasteiger partial charge in [0.25, 0.3) is 11.5 Å². The quantitative estimate of drug-likeness (QED) is 0.621. The van der Waals surface area contributed by atoms with Crippen LogP contribution in [0.15, 0.2) is 57.8 Å². The molecule has 0 aliphatic rings. The number of ether oxygens (including phenoxy) is 1. The Morgan fingerprint density at radius 2 is 1.79 bits per heavy atom. The van der Waals surface area contributed by atoms with E-state index in [2.05, 4.69) is 26.3 Å². The number of benzene rings is 2. The molecule has 150 valence electrons. The van der Waals surface area contributed by atoms with E-state index in [1.54, 1.807) is 6.92 Å². The van der Waals surface area contributed by atoms with Crippen LogP contribution in [0, 0.1) is 20.8 Å². The molecule has 1 atom stereocenters. The molecule has 0 radical (unpaired) electrons. The van der Waals surface area contributed by atoms with Gasteiger partial charge in [-0.25, -0.2) is 0 Å². The minimum absolute atomic E-state index is 0.193. The third-order valence-corrected chi connectivity index (χ3v) is 5.12. The second kappa shape index (κ2) is 8.61. The van der Waals surface area contributed by atoms with Crippen LogP contribution in [-0.2, 0) is 4.79 Å². The number of carbonyl (C=O) groups is 1. The topological polar surface area (TPSA) is 73.2 Å². The molecule has 0 fully saturated rings. The number of aryl methyl sites for hydroxylation is 3. The van der Waals surface area contributed by atoms with Gasteiger partial charge in [-0.15, -0.1) is 5.10 Å². The minimum atomic E-state index is -0.795. The number of nitrogens with zero attached hydrogens (tertiary/aromatic N) is 2. The lowest BCUT2D eigenvalue weighted by Gasteiger charge is -2.16. The van der Waals surface area contributed by atoms with Crippen LogP contribution >= 0.6 is 15.9 Å². The van der Waals surface area contributed by atoms with E-state index < -0.39 is 6.10 Å². The fourth-order valence-electron chi connectivity index (χ4n) is 2.74. The van der Waals surface area contributed by atoms with E-state index in [0.717, 1.165) is 21.2 Å². The van der Waals surface area contributed by atoms with Crippen LogP contribution in [0.1, 0.15) is 23.6 Å². The lowest BCUT2D eigenvalue weighted by atomic mass is 10.1. The van der Waals surface area contributed by atoms with E-state index in [9.17, 15) is 9.59 Å². The number of anilines is 1. The van der Waals surface area contributed by atoms with Gasteiger partial charge >= 0.3 is 0 Å². The highest BCUT2D eigenvalue weighted by molar-refractivity contribution is 9.10. The smallest absolute Gasteiger partial charge is 0.271 e. The summed E-state index contributed by atoms with van der Waals surface area (Å²) in [6, 6.07) is 14.1. The summed E-state index contributed by atoms with van der Waals surface area (Å²) in [6.45, 7) is 7.52. The van der Waals surface area contributed by atoms with Crippen molar-refractivity contribution in [1.82, 2.24) is 9.78 Å². The predicted octanol–water partition coefficient (Wildman–Crippen LogP) is 4.33. The summed E-state index contributed by atoms with van der Waals surface area (Å²) < 4.78 is 7.90. The number of rotatable bonds is 5. The van der Waals surface area contributed by atoms with Crippen molar-refractivity contribution in [3.05, 3.63) is 80.0 Å².